The van der Waals surface area contributed by atoms with Crippen LogP contribution in [-0.4, -0.2) is 12.4 Å². The molecule has 0 aromatic rings. The maximum Gasteiger partial charge on any atom is 0.0968 e. The standard InChI is InChI=1S/C7H12N2/c8-7-6-2-1-5(3-6)4-9-7/h5-6H,1-4H2,(H2,8,9). The largest absolute Gasteiger partial charge is 0.387 e. The summed E-state index contributed by atoms with van der Waals surface area (Å²) >= 11 is 0. The van der Waals surface area contributed by atoms with Crippen LogP contribution in [0.2, 0.25) is 0 Å². The van der Waals surface area contributed by atoms with Gasteiger partial charge in [-0.3, -0.25) is 4.99 Å². The van der Waals surface area contributed by atoms with Crippen molar-refractivity contribution in [2.45, 2.75) is 19.3 Å². The molecule has 1 aliphatic carbocycles. The number of aliphatic imine (C=N–C) groups is 1. The molecule has 2 atom stereocenters. The van der Waals surface area contributed by atoms with Crippen LogP contribution in [0.5, 0.6) is 0 Å². The van der Waals surface area contributed by atoms with Crippen LogP contribution >= 0.6 is 0 Å². The molecule has 2 N–H and O–H groups in total. The maximum absolute atomic E-state index is 5.67. The molecular formula is C7H12N2. The van der Waals surface area contributed by atoms with Crippen LogP contribution in [0.3, 0.4) is 0 Å². The Hall–Kier alpha value is -0.530. The summed E-state index contributed by atoms with van der Waals surface area (Å²) in [5.74, 6) is 2.45. The predicted octanol–water partition coefficient (Wildman–Crippen LogP) is 0.774. The Bertz CT molecular complexity index is 151. The minimum absolute atomic E-state index is 0.656. The first-order valence-electron chi connectivity index (χ1n) is 3.66. The number of nitrogens with zero attached hydrogens (tertiary/aromatic N) is 1. The van der Waals surface area contributed by atoms with Crippen molar-refractivity contribution in [3.8, 4) is 0 Å². The van der Waals surface area contributed by atoms with Crippen LogP contribution < -0.4 is 5.73 Å². The minimum atomic E-state index is 0.656. The predicted molar refractivity (Wildman–Crippen MR) is 37.3 cm³/mol. The fourth-order valence-corrected chi connectivity index (χ4v) is 1.87. The van der Waals surface area contributed by atoms with Crippen LogP contribution in [0, 0.1) is 11.8 Å². The highest BCUT2D eigenvalue weighted by atomic mass is 14.9. The Morgan fingerprint density at radius 1 is 1.44 bits per heavy atom. The Balaban J connectivity index is 2.21. The van der Waals surface area contributed by atoms with Crippen LogP contribution in [0.15, 0.2) is 4.99 Å². The van der Waals surface area contributed by atoms with Crippen molar-refractivity contribution in [1.29, 1.82) is 0 Å². The molecule has 0 aromatic carbocycles. The molecule has 0 aromatic heterocycles. The Morgan fingerprint density at radius 3 is 3.11 bits per heavy atom. The second-order valence-electron chi connectivity index (χ2n) is 3.14. The monoisotopic (exact) mass is 124 g/mol. The lowest BCUT2D eigenvalue weighted by Crippen LogP contribution is -2.25. The van der Waals surface area contributed by atoms with Crippen molar-refractivity contribution in [3.63, 3.8) is 0 Å². The van der Waals surface area contributed by atoms with E-state index in [1.54, 1.807) is 0 Å². The van der Waals surface area contributed by atoms with Crippen molar-refractivity contribution in [2.24, 2.45) is 22.6 Å². The zero-order valence-electron chi connectivity index (χ0n) is 5.51. The van der Waals surface area contributed by atoms with Gasteiger partial charge in [0.25, 0.3) is 0 Å². The van der Waals surface area contributed by atoms with Gasteiger partial charge in [0.1, 0.15) is 0 Å². The summed E-state index contributed by atoms with van der Waals surface area (Å²) in [6.45, 7) is 1.00. The number of hydrogen-bond acceptors (Lipinski definition) is 2. The summed E-state index contributed by atoms with van der Waals surface area (Å²) in [4.78, 5) is 4.25. The lowest BCUT2D eigenvalue weighted by atomic mass is 10.0. The number of amidine groups is 1. The SMILES string of the molecule is NC1=NCC2CCC1C2. The molecule has 2 heteroatoms. The molecule has 2 nitrogen and oxygen atoms in total. The molecular weight excluding hydrogens is 112 g/mol. The molecule has 2 unspecified atom stereocenters. The summed E-state index contributed by atoms with van der Waals surface area (Å²) in [7, 11) is 0. The Kier molecular flexibility index (Phi) is 1.01. The number of nitrogens with two attached hydrogens (primary N) is 1. The average Bonchev–Trinajstić information content (AvgIpc) is 2.25. The first-order chi connectivity index (χ1) is 4.36. The van der Waals surface area contributed by atoms with E-state index in [0.29, 0.717) is 5.92 Å². The molecule has 2 bridgehead atoms. The van der Waals surface area contributed by atoms with Gasteiger partial charge in [-0.15, -0.1) is 0 Å². The highest BCUT2D eigenvalue weighted by molar-refractivity contribution is 5.83. The number of rotatable bonds is 0. The highest BCUT2D eigenvalue weighted by Crippen LogP contribution is 2.34. The topological polar surface area (TPSA) is 38.4 Å². The summed E-state index contributed by atoms with van der Waals surface area (Å²) in [5.41, 5.74) is 5.67. The summed E-state index contributed by atoms with van der Waals surface area (Å²) in [6, 6.07) is 0. The van der Waals surface area contributed by atoms with Gasteiger partial charge in [0.2, 0.25) is 0 Å². The lowest BCUT2D eigenvalue weighted by Gasteiger charge is -2.15. The molecule has 0 spiro atoms. The first kappa shape index (κ1) is 5.27. The summed E-state index contributed by atoms with van der Waals surface area (Å²) in [6.07, 6.45) is 3.96. The maximum atomic E-state index is 5.67. The van der Waals surface area contributed by atoms with E-state index in [4.69, 9.17) is 5.73 Å². The zero-order valence-corrected chi connectivity index (χ0v) is 5.51. The van der Waals surface area contributed by atoms with Gasteiger partial charge in [-0.2, -0.15) is 0 Å². The van der Waals surface area contributed by atoms with Crippen molar-refractivity contribution < 1.29 is 0 Å². The fraction of sp³-hybridized carbons (Fsp3) is 0.857. The van der Waals surface area contributed by atoms with Gasteiger partial charge < -0.3 is 5.73 Å². The van der Waals surface area contributed by atoms with Gasteiger partial charge in [0.05, 0.1) is 5.84 Å². The second kappa shape index (κ2) is 1.72. The van der Waals surface area contributed by atoms with Gasteiger partial charge in [0, 0.05) is 12.5 Å². The van der Waals surface area contributed by atoms with E-state index in [1.807, 2.05) is 0 Å². The van der Waals surface area contributed by atoms with Crippen LogP contribution in [0.4, 0.5) is 0 Å². The average molecular weight is 124 g/mol. The van der Waals surface area contributed by atoms with E-state index in [0.717, 1.165) is 18.3 Å². The van der Waals surface area contributed by atoms with Crippen molar-refractivity contribution in [2.75, 3.05) is 6.54 Å². The van der Waals surface area contributed by atoms with Crippen LogP contribution in [-0.2, 0) is 0 Å². The molecule has 0 radical (unpaired) electrons. The third kappa shape index (κ3) is 0.732. The van der Waals surface area contributed by atoms with Crippen LogP contribution in [0.1, 0.15) is 19.3 Å². The van der Waals surface area contributed by atoms with Gasteiger partial charge in [-0.25, -0.2) is 0 Å². The molecule has 1 saturated carbocycles. The van der Waals surface area contributed by atoms with E-state index in [9.17, 15) is 0 Å². The first-order valence-corrected chi connectivity index (χ1v) is 3.66. The quantitative estimate of drug-likeness (QED) is 0.509. The molecule has 50 valence electrons. The van der Waals surface area contributed by atoms with E-state index in [2.05, 4.69) is 4.99 Å². The van der Waals surface area contributed by atoms with Crippen molar-refractivity contribution >= 4 is 5.84 Å². The summed E-state index contributed by atoms with van der Waals surface area (Å²) < 4.78 is 0. The van der Waals surface area contributed by atoms with E-state index >= 15 is 0 Å². The van der Waals surface area contributed by atoms with Gasteiger partial charge in [-0.05, 0) is 25.2 Å². The third-order valence-electron chi connectivity index (χ3n) is 2.49. The Labute approximate surface area is 55.2 Å². The molecule has 2 rings (SSSR count). The smallest absolute Gasteiger partial charge is 0.0968 e. The van der Waals surface area contributed by atoms with E-state index in [-0.39, 0.29) is 0 Å². The van der Waals surface area contributed by atoms with Crippen molar-refractivity contribution in [3.05, 3.63) is 0 Å². The molecule has 9 heavy (non-hydrogen) atoms. The molecule has 0 saturated heterocycles. The normalized spacial score (nSPS) is 40.7. The molecule has 1 heterocycles. The number of fused-ring (bicyclic) bond motifs is 2. The zero-order chi connectivity index (χ0) is 6.27. The minimum Gasteiger partial charge on any atom is -0.387 e. The van der Waals surface area contributed by atoms with Crippen molar-refractivity contribution in [1.82, 2.24) is 0 Å². The second-order valence-corrected chi connectivity index (χ2v) is 3.14. The van der Waals surface area contributed by atoms with Gasteiger partial charge >= 0.3 is 0 Å². The highest BCUT2D eigenvalue weighted by Gasteiger charge is 2.30. The molecule has 1 aliphatic heterocycles. The van der Waals surface area contributed by atoms with E-state index < -0.39 is 0 Å². The lowest BCUT2D eigenvalue weighted by molar-refractivity contribution is 0.530. The summed E-state index contributed by atoms with van der Waals surface area (Å²) in [5, 5.41) is 0. The van der Waals surface area contributed by atoms with Gasteiger partial charge in [-0.1, -0.05) is 0 Å². The van der Waals surface area contributed by atoms with Gasteiger partial charge in [0.15, 0.2) is 0 Å². The van der Waals surface area contributed by atoms with E-state index in [1.165, 1.54) is 19.3 Å². The fourth-order valence-electron chi connectivity index (χ4n) is 1.87. The third-order valence-corrected chi connectivity index (χ3v) is 2.49. The number of hydrogen-bond donors (Lipinski definition) is 1. The molecule has 2 aliphatic rings. The molecule has 1 fully saturated rings. The van der Waals surface area contributed by atoms with Crippen LogP contribution in [0.25, 0.3) is 0 Å². The Morgan fingerprint density at radius 2 is 2.33 bits per heavy atom. The molecule has 0 amide bonds.